The molecule has 0 N–H and O–H groups in total. The van der Waals surface area contributed by atoms with Crippen LogP contribution in [0.1, 0.15) is 40.8 Å². The van der Waals surface area contributed by atoms with Crippen molar-refractivity contribution in [2.24, 2.45) is 0 Å². The van der Waals surface area contributed by atoms with E-state index < -0.39 is 19.7 Å². The maximum absolute atomic E-state index is 12.1. The predicted octanol–water partition coefficient (Wildman–Crippen LogP) is 6.75. The van der Waals surface area contributed by atoms with Crippen LogP contribution >= 0.6 is 0 Å². The van der Waals surface area contributed by atoms with Crippen LogP contribution in [0.15, 0.2) is 102 Å². The Morgan fingerprint density at radius 1 is 0.857 bits per heavy atom. The van der Waals surface area contributed by atoms with E-state index >= 15 is 0 Å². The van der Waals surface area contributed by atoms with Gasteiger partial charge in [-0.15, -0.1) is 0 Å². The van der Waals surface area contributed by atoms with E-state index in [4.69, 9.17) is 0 Å². The lowest BCUT2D eigenvalue weighted by Crippen LogP contribution is -2.10. The van der Waals surface area contributed by atoms with E-state index in [1.54, 1.807) is 30.5 Å². The fourth-order valence-electron chi connectivity index (χ4n) is 5.05. The number of benzene rings is 3. The monoisotopic (exact) mass is 596 g/mol. The summed E-state index contributed by atoms with van der Waals surface area (Å²) in [7, 11) is -6.47. The van der Waals surface area contributed by atoms with Gasteiger partial charge in [-0.3, -0.25) is 9.97 Å². The van der Waals surface area contributed by atoms with Gasteiger partial charge in [0.25, 0.3) is 0 Å². The fraction of sp³-hybridized carbons (Fsp3) is 0.176. The second-order valence-electron chi connectivity index (χ2n) is 10.8. The normalized spacial score (nSPS) is 13.3. The van der Waals surface area contributed by atoms with E-state index in [9.17, 15) is 16.8 Å². The van der Waals surface area contributed by atoms with Gasteiger partial charge in [0.05, 0.1) is 21.9 Å². The molecule has 2 heterocycles. The molecule has 8 heteroatoms. The van der Waals surface area contributed by atoms with Crippen molar-refractivity contribution >= 4 is 42.2 Å². The SMILES string of the molecule is Cc1ccc(/C(=C/c2cccc(-c3cc(C(C)CS(C)(=O)=O)cc4cccnc34)c2)c2ccc(S(C)(=O)=O)cc2)nc1. The molecule has 1 unspecified atom stereocenters. The first kappa shape index (κ1) is 29.4. The molecule has 0 amide bonds. The van der Waals surface area contributed by atoms with Crippen molar-refractivity contribution in [1.29, 1.82) is 0 Å². The number of pyridine rings is 2. The molecule has 0 saturated heterocycles. The van der Waals surface area contributed by atoms with Crippen molar-refractivity contribution in [3.05, 3.63) is 125 Å². The standard InChI is InChI=1S/C34H32N2O4S2/c1-23-10-15-33(36-21-23)31(26-11-13-30(14-12-26)42(4,39)40)18-25-7-5-8-27(17-25)32-20-29(24(2)22-41(3,37)38)19-28-9-6-16-35-34(28)32/h5-21,24H,22H2,1-4H3/b31-18+. The van der Waals surface area contributed by atoms with E-state index in [1.807, 2.05) is 80.7 Å². The van der Waals surface area contributed by atoms with E-state index in [0.29, 0.717) is 0 Å². The molecule has 0 aliphatic carbocycles. The molecule has 214 valence electrons. The zero-order chi connectivity index (χ0) is 30.1. The van der Waals surface area contributed by atoms with Crippen LogP contribution in [0.5, 0.6) is 0 Å². The highest BCUT2D eigenvalue weighted by atomic mass is 32.2. The van der Waals surface area contributed by atoms with Gasteiger partial charge in [-0.05, 0) is 89.2 Å². The van der Waals surface area contributed by atoms with Crippen molar-refractivity contribution in [2.75, 3.05) is 18.3 Å². The lowest BCUT2D eigenvalue weighted by Gasteiger charge is -2.15. The van der Waals surface area contributed by atoms with Gasteiger partial charge in [-0.25, -0.2) is 16.8 Å². The van der Waals surface area contributed by atoms with Crippen molar-refractivity contribution in [2.45, 2.75) is 24.7 Å². The number of nitrogens with zero attached hydrogens (tertiary/aromatic N) is 2. The van der Waals surface area contributed by atoms with E-state index in [-0.39, 0.29) is 16.6 Å². The van der Waals surface area contributed by atoms with Gasteiger partial charge in [0, 0.05) is 41.4 Å². The first-order valence-corrected chi connectivity index (χ1v) is 17.4. The predicted molar refractivity (Wildman–Crippen MR) is 171 cm³/mol. The Balaban J connectivity index is 1.64. The molecular weight excluding hydrogens is 565 g/mol. The molecular formula is C34H32N2O4S2. The Morgan fingerprint density at radius 3 is 2.29 bits per heavy atom. The van der Waals surface area contributed by atoms with E-state index in [2.05, 4.69) is 16.0 Å². The summed E-state index contributed by atoms with van der Waals surface area (Å²) in [5.41, 5.74) is 8.07. The Labute approximate surface area is 247 Å². The number of aromatic nitrogens is 2. The quantitative estimate of drug-likeness (QED) is 0.184. The Morgan fingerprint density at radius 2 is 1.62 bits per heavy atom. The fourth-order valence-corrected chi connectivity index (χ4v) is 6.78. The van der Waals surface area contributed by atoms with Crippen LogP contribution in [0.3, 0.4) is 0 Å². The summed E-state index contributed by atoms with van der Waals surface area (Å²) in [5, 5.41) is 0.946. The summed E-state index contributed by atoms with van der Waals surface area (Å²) in [4.78, 5) is 9.58. The summed E-state index contributed by atoms with van der Waals surface area (Å²) in [5.74, 6) is -0.119. The molecule has 5 rings (SSSR count). The number of sulfone groups is 2. The molecule has 42 heavy (non-hydrogen) atoms. The van der Waals surface area contributed by atoms with Gasteiger partial charge in [0.1, 0.15) is 9.84 Å². The number of hydrogen-bond acceptors (Lipinski definition) is 6. The average molecular weight is 597 g/mol. The third-order valence-electron chi connectivity index (χ3n) is 7.14. The molecule has 0 saturated carbocycles. The minimum Gasteiger partial charge on any atom is -0.256 e. The van der Waals surface area contributed by atoms with Crippen LogP contribution in [0, 0.1) is 6.92 Å². The molecule has 0 radical (unpaired) electrons. The molecule has 0 spiro atoms. The Kier molecular flexibility index (Phi) is 8.12. The smallest absolute Gasteiger partial charge is 0.175 e. The largest absolute Gasteiger partial charge is 0.256 e. The summed E-state index contributed by atoms with van der Waals surface area (Å²) >= 11 is 0. The maximum Gasteiger partial charge on any atom is 0.175 e. The van der Waals surface area contributed by atoms with Crippen LogP contribution in [-0.2, 0) is 19.7 Å². The molecule has 0 aliphatic heterocycles. The summed E-state index contributed by atoms with van der Waals surface area (Å²) < 4.78 is 48.2. The van der Waals surface area contributed by atoms with Crippen molar-refractivity contribution in [3.8, 4) is 11.1 Å². The highest BCUT2D eigenvalue weighted by molar-refractivity contribution is 7.91. The summed E-state index contributed by atoms with van der Waals surface area (Å²) in [6.45, 7) is 3.91. The maximum atomic E-state index is 12.1. The highest BCUT2D eigenvalue weighted by Gasteiger charge is 2.17. The summed E-state index contributed by atoms with van der Waals surface area (Å²) in [6, 6.07) is 26.8. The topological polar surface area (TPSA) is 94.1 Å². The van der Waals surface area contributed by atoms with Crippen LogP contribution in [-0.4, -0.2) is 45.1 Å². The molecule has 5 aromatic rings. The Bertz CT molecular complexity index is 2020. The van der Waals surface area contributed by atoms with E-state index in [1.165, 1.54) is 12.5 Å². The first-order valence-electron chi connectivity index (χ1n) is 13.5. The zero-order valence-electron chi connectivity index (χ0n) is 23.9. The van der Waals surface area contributed by atoms with Crippen LogP contribution in [0.4, 0.5) is 0 Å². The van der Waals surface area contributed by atoms with Gasteiger partial charge in [-0.1, -0.05) is 49.4 Å². The first-order chi connectivity index (χ1) is 19.9. The number of rotatable bonds is 8. The van der Waals surface area contributed by atoms with Gasteiger partial charge in [0.2, 0.25) is 0 Å². The van der Waals surface area contributed by atoms with Crippen LogP contribution in [0.2, 0.25) is 0 Å². The van der Waals surface area contributed by atoms with Crippen LogP contribution < -0.4 is 0 Å². The lowest BCUT2D eigenvalue weighted by molar-refractivity contribution is 0.596. The zero-order valence-corrected chi connectivity index (χ0v) is 25.6. The number of aryl methyl sites for hydroxylation is 1. The molecule has 3 aromatic carbocycles. The number of fused-ring (bicyclic) bond motifs is 1. The molecule has 2 aromatic heterocycles. The molecule has 6 nitrogen and oxygen atoms in total. The third-order valence-corrected chi connectivity index (χ3v) is 9.37. The van der Waals surface area contributed by atoms with Crippen molar-refractivity contribution in [3.63, 3.8) is 0 Å². The second kappa shape index (κ2) is 11.6. The molecule has 0 fully saturated rings. The van der Waals surface area contributed by atoms with E-state index in [0.717, 1.165) is 55.6 Å². The summed E-state index contributed by atoms with van der Waals surface area (Å²) in [6.07, 6.45) is 8.07. The number of hydrogen-bond donors (Lipinski definition) is 0. The van der Waals surface area contributed by atoms with Gasteiger partial charge >= 0.3 is 0 Å². The van der Waals surface area contributed by atoms with Crippen molar-refractivity contribution < 1.29 is 16.8 Å². The van der Waals surface area contributed by atoms with Gasteiger partial charge in [0.15, 0.2) is 9.84 Å². The molecule has 1 atom stereocenters. The lowest BCUT2D eigenvalue weighted by atomic mass is 9.92. The van der Waals surface area contributed by atoms with Crippen molar-refractivity contribution in [1.82, 2.24) is 9.97 Å². The molecule has 0 aliphatic rings. The van der Waals surface area contributed by atoms with Crippen LogP contribution in [0.25, 0.3) is 33.7 Å². The Hall–Kier alpha value is -4.14. The van der Waals surface area contributed by atoms with Gasteiger partial charge in [-0.2, -0.15) is 0 Å². The average Bonchev–Trinajstić information content (AvgIpc) is 2.95. The van der Waals surface area contributed by atoms with Gasteiger partial charge < -0.3 is 0 Å². The minimum atomic E-state index is -3.32. The third kappa shape index (κ3) is 6.83. The second-order valence-corrected chi connectivity index (χ2v) is 15.0. The minimum absolute atomic E-state index is 0.0615. The highest BCUT2D eigenvalue weighted by Crippen LogP contribution is 2.34. The molecule has 0 bridgehead atoms.